The van der Waals surface area contributed by atoms with E-state index in [4.69, 9.17) is 28.4 Å². The van der Waals surface area contributed by atoms with Crippen LogP contribution in [0.25, 0.3) is 0 Å². The van der Waals surface area contributed by atoms with Crippen LogP contribution >= 0.6 is 0 Å². The van der Waals surface area contributed by atoms with Gasteiger partial charge in [0.15, 0.2) is 11.6 Å². The van der Waals surface area contributed by atoms with Gasteiger partial charge in [0.05, 0.1) is 32.3 Å². The van der Waals surface area contributed by atoms with Crippen molar-refractivity contribution in [3.63, 3.8) is 0 Å². The van der Waals surface area contributed by atoms with Crippen molar-refractivity contribution < 1.29 is 33.2 Å². The number of rotatable bonds is 5. The quantitative estimate of drug-likeness (QED) is 0.678. The third-order valence-electron chi connectivity index (χ3n) is 5.97. The van der Waals surface area contributed by atoms with Crippen LogP contribution in [0.4, 0.5) is 0 Å². The molecule has 2 saturated heterocycles. The van der Waals surface area contributed by atoms with Gasteiger partial charge in [-0.25, -0.2) is 0 Å². The standard InChI is InChI=1S/C23H32O7/c1-22(2)27-16-11-15(12-17(24)25-5)18(26-13-14-9-7-6-8-10-14)20-21(19(16)28-22)30-23(3,4)29-20/h6-10,15-16,18-21H,11-13H2,1-5H3/t15-,16-,18+,19-,20+,21+/m1/s1. The molecule has 0 amide bonds. The highest BCUT2D eigenvalue weighted by Gasteiger charge is 2.59. The molecule has 166 valence electrons. The molecule has 2 aliphatic heterocycles. The number of methoxy groups -OCH3 is 1. The monoisotopic (exact) mass is 420 g/mol. The van der Waals surface area contributed by atoms with Gasteiger partial charge in [-0.1, -0.05) is 30.3 Å². The summed E-state index contributed by atoms with van der Waals surface area (Å²) in [6, 6.07) is 9.96. The van der Waals surface area contributed by atoms with Crippen LogP contribution in [0, 0.1) is 5.92 Å². The lowest BCUT2D eigenvalue weighted by Crippen LogP contribution is -2.45. The van der Waals surface area contributed by atoms with E-state index in [1.54, 1.807) is 0 Å². The van der Waals surface area contributed by atoms with Gasteiger partial charge in [-0.15, -0.1) is 0 Å². The second-order valence-corrected chi connectivity index (χ2v) is 9.24. The number of carbonyl (C=O) groups excluding carboxylic acids is 1. The first-order valence-electron chi connectivity index (χ1n) is 10.6. The molecule has 7 heteroatoms. The van der Waals surface area contributed by atoms with Crippen molar-refractivity contribution in [1.82, 2.24) is 0 Å². The minimum absolute atomic E-state index is 0.154. The zero-order chi connectivity index (χ0) is 21.5. The number of esters is 1. The molecule has 30 heavy (non-hydrogen) atoms. The Morgan fingerprint density at radius 3 is 2.30 bits per heavy atom. The Morgan fingerprint density at radius 2 is 1.60 bits per heavy atom. The molecule has 6 atom stereocenters. The lowest BCUT2D eigenvalue weighted by molar-refractivity contribution is -0.176. The third-order valence-corrected chi connectivity index (χ3v) is 5.97. The summed E-state index contributed by atoms with van der Waals surface area (Å²) in [4.78, 5) is 12.2. The van der Waals surface area contributed by atoms with E-state index in [0.717, 1.165) is 5.56 Å². The predicted octanol–water partition coefficient (Wildman–Crippen LogP) is 3.20. The third kappa shape index (κ3) is 4.55. The number of fused-ring (bicyclic) bond motifs is 3. The van der Waals surface area contributed by atoms with Crippen LogP contribution in [0.2, 0.25) is 0 Å². The van der Waals surface area contributed by atoms with Gasteiger partial charge in [0.2, 0.25) is 0 Å². The van der Waals surface area contributed by atoms with Crippen molar-refractivity contribution in [3.05, 3.63) is 35.9 Å². The molecule has 0 spiro atoms. The molecule has 0 N–H and O–H groups in total. The Kier molecular flexibility index (Phi) is 5.94. The van der Waals surface area contributed by atoms with Crippen LogP contribution < -0.4 is 0 Å². The maximum atomic E-state index is 12.2. The minimum Gasteiger partial charge on any atom is -0.469 e. The lowest BCUT2D eigenvalue weighted by Gasteiger charge is -2.32. The topological polar surface area (TPSA) is 72.5 Å². The summed E-state index contributed by atoms with van der Waals surface area (Å²) >= 11 is 0. The second kappa shape index (κ2) is 8.20. The Bertz CT molecular complexity index is 747. The van der Waals surface area contributed by atoms with E-state index in [1.165, 1.54) is 7.11 Å². The second-order valence-electron chi connectivity index (χ2n) is 9.24. The molecule has 4 rings (SSSR count). The number of hydrogen-bond donors (Lipinski definition) is 0. The zero-order valence-electron chi connectivity index (χ0n) is 18.3. The van der Waals surface area contributed by atoms with E-state index < -0.39 is 11.6 Å². The van der Waals surface area contributed by atoms with Gasteiger partial charge in [-0.2, -0.15) is 0 Å². The van der Waals surface area contributed by atoms with E-state index in [0.29, 0.717) is 13.0 Å². The summed E-state index contributed by atoms with van der Waals surface area (Å²) in [5, 5.41) is 0. The van der Waals surface area contributed by atoms with E-state index in [-0.39, 0.29) is 48.8 Å². The minimum atomic E-state index is -0.780. The maximum absolute atomic E-state index is 12.2. The van der Waals surface area contributed by atoms with E-state index in [9.17, 15) is 4.79 Å². The molecule has 3 aliphatic rings. The molecule has 1 aromatic rings. The van der Waals surface area contributed by atoms with Crippen molar-refractivity contribution in [1.29, 1.82) is 0 Å². The van der Waals surface area contributed by atoms with Crippen LogP contribution in [0.3, 0.4) is 0 Å². The molecule has 2 heterocycles. The van der Waals surface area contributed by atoms with Gasteiger partial charge < -0.3 is 28.4 Å². The first kappa shape index (κ1) is 21.7. The number of hydrogen-bond acceptors (Lipinski definition) is 7. The van der Waals surface area contributed by atoms with Crippen LogP contribution in [0.15, 0.2) is 30.3 Å². The van der Waals surface area contributed by atoms with Crippen molar-refractivity contribution in [2.75, 3.05) is 7.11 Å². The maximum Gasteiger partial charge on any atom is 0.305 e. The Balaban J connectivity index is 1.64. The largest absolute Gasteiger partial charge is 0.469 e. The van der Waals surface area contributed by atoms with Crippen LogP contribution in [-0.4, -0.2) is 55.2 Å². The summed E-state index contributed by atoms with van der Waals surface area (Å²) < 4.78 is 36.4. The van der Waals surface area contributed by atoms with E-state index in [2.05, 4.69) is 0 Å². The van der Waals surface area contributed by atoms with Crippen molar-refractivity contribution in [3.8, 4) is 0 Å². The predicted molar refractivity (Wildman–Crippen MR) is 107 cm³/mol. The van der Waals surface area contributed by atoms with Crippen molar-refractivity contribution >= 4 is 5.97 Å². The van der Waals surface area contributed by atoms with Crippen molar-refractivity contribution in [2.45, 2.75) is 89.2 Å². The molecule has 7 nitrogen and oxygen atoms in total. The number of carbonyl (C=O) groups is 1. The van der Waals surface area contributed by atoms with Crippen molar-refractivity contribution in [2.24, 2.45) is 5.92 Å². The van der Waals surface area contributed by atoms with Gasteiger partial charge in [0.25, 0.3) is 0 Å². The number of benzene rings is 1. The normalized spacial score (nSPS) is 36.6. The highest BCUT2D eigenvalue weighted by Crippen LogP contribution is 2.46. The fourth-order valence-electron chi connectivity index (χ4n) is 4.84. The summed E-state index contributed by atoms with van der Waals surface area (Å²) in [6.45, 7) is 7.99. The van der Waals surface area contributed by atoms with Crippen LogP contribution in [-0.2, 0) is 39.8 Å². The average Bonchev–Trinajstić information content (AvgIpc) is 3.14. The molecular weight excluding hydrogens is 388 g/mol. The molecule has 3 fully saturated rings. The summed E-state index contributed by atoms with van der Waals surface area (Å²) in [5.74, 6) is -1.93. The van der Waals surface area contributed by atoms with Gasteiger partial charge in [0, 0.05) is 5.92 Å². The summed E-state index contributed by atoms with van der Waals surface area (Å²) in [6.07, 6.45) is -0.793. The van der Waals surface area contributed by atoms with Gasteiger partial charge in [-0.3, -0.25) is 4.79 Å². The molecule has 1 aromatic carbocycles. The molecular formula is C23H32O7. The number of ether oxygens (including phenoxy) is 6. The SMILES string of the molecule is COC(=O)C[C@H]1C[C@H]2OC(C)(C)O[C@H]2[C@@H]2OC(C)(C)O[C@H]2[C@H]1OCc1ccccc1. The van der Waals surface area contributed by atoms with Gasteiger partial charge in [-0.05, 0) is 39.7 Å². The highest BCUT2D eigenvalue weighted by atomic mass is 16.8. The van der Waals surface area contributed by atoms with E-state index in [1.807, 2.05) is 58.0 Å². The van der Waals surface area contributed by atoms with Crippen LogP contribution in [0.5, 0.6) is 0 Å². The summed E-state index contributed by atoms with van der Waals surface area (Å²) in [5.41, 5.74) is 1.06. The average molecular weight is 421 g/mol. The Morgan fingerprint density at radius 1 is 0.967 bits per heavy atom. The molecule has 1 aliphatic carbocycles. The molecule has 0 bridgehead atoms. The first-order valence-corrected chi connectivity index (χ1v) is 10.6. The lowest BCUT2D eigenvalue weighted by atomic mass is 9.91. The molecule has 0 unspecified atom stereocenters. The smallest absolute Gasteiger partial charge is 0.305 e. The molecule has 0 radical (unpaired) electrons. The molecule has 0 aromatic heterocycles. The first-order chi connectivity index (χ1) is 14.2. The highest BCUT2D eigenvalue weighted by molar-refractivity contribution is 5.69. The Labute approximate surface area is 177 Å². The van der Waals surface area contributed by atoms with Crippen LogP contribution in [0.1, 0.15) is 46.1 Å². The van der Waals surface area contributed by atoms with E-state index >= 15 is 0 Å². The zero-order valence-corrected chi connectivity index (χ0v) is 18.3. The fourth-order valence-corrected chi connectivity index (χ4v) is 4.84. The molecule has 1 saturated carbocycles. The fraction of sp³-hybridized carbons (Fsp3) is 0.696. The van der Waals surface area contributed by atoms with Gasteiger partial charge >= 0.3 is 5.97 Å². The van der Waals surface area contributed by atoms with Gasteiger partial charge in [0.1, 0.15) is 18.3 Å². The summed E-state index contributed by atoms with van der Waals surface area (Å²) in [7, 11) is 1.40. The Hall–Kier alpha value is -1.51.